The van der Waals surface area contributed by atoms with E-state index in [9.17, 15) is 14.0 Å². The van der Waals surface area contributed by atoms with Crippen molar-refractivity contribution in [3.8, 4) is 11.5 Å². The molecule has 0 radical (unpaired) electrons. The Labute approximate surface area is 218 Å². The number of hydrogen-bond donors (Lipinski definition) is 1. The second kappa shape index (κ2) is 14.0. The van der Waals surface area contributed by atoms with Crippen molar-refractivity contribution in [3.63, 3.8) is 0 Å². The lowest BCUT2D eigenvalue weighted by molar-refractivity contribution is -0.141. The van der Waals surface area contributed by atoms with E-state index in [1.807, 2.05) is 30.3 Å². The Morgan fingerprint density at radius 3 is 2.22 bits per heavy atom. The molecule has 1 atom stereocenters. The van der Waals surface area contributed by atoms with E-state index in [4.69, 9.17) is 9.47 Å². The normalized spacial score (nSPS) is 11.5. The van der Waals surface area contributed by atoms with Crippen LogP contribution in [-0.2, 0) is 22.6 Å². The zero-order valence-corrected chi connectivity index (χ0v) is 21.7. The van der Waals surface area contributed by atoms with Crippen molar-refractivity contribution >= 4 is 11.8 Å². The molecule has 3 aromatic carbocycles. The standard InChI is InChI=1S/C30H35FN2O4/c1-4-5-9-18-32-30(35)29(24-10-7-6-8-11-24)33(21-22-12-15-25(31)16-13-22)28(34)20-23-14-17-26(36-2)27(19-23)37-3/h6-8,10-17,19,29H,4-5,9,18,20-21H2,1-3H3,(H,32,35)/t29-/m1/s1. The number of rotatable bonds is 13. The summed E-state index contributed by atoms with van der Waals surface area (Å²) in [5.74, 6) is 0.237. The van der Waals surface area contributed by atoms with Gasteiger partial charge in [0, 0.05) is 13.1 Å². The summed E-state index contributed by atoms with van der Waals surface area (Å²) in [6.07, 6.45) is 2.96. The van der Waals surface area contributed by atoms with Gasteiger partial charge < -0.3 is 19.7 Å². The number of methoxy groups -OCH3 is 2. The van der Waals surface area contributed by atoms with Crippen molar-refractivity contribution in [1.29, 1.82) is 0 Å². The summed E-state index contributed by atoms with van der Waals surface area (Å²) in [7, 11) is 3.09. The minimum absolute atomic E-state index is 0.0496. The lowest BCUT2D eigenvalue weighted by Gasteiger charge is -2.32. The fourth-order valence-electron chi connectivity index (χ4n) is 4.17. The van der Waals surface area contributed by atoms with Gasteiger partial charge in [-0.1, -0.05) is 68.3 Å². The molecule has 0 bridgehead atoms. The number of nitrogens with one attached hydrogen (secondary N) is 1. The number of benzene rings is 3. The van der Waals surface area contributed by atoms with Gasteiger partial charge in [-0.3, -0.25) is 9.59 Å². The number of amides is 2. The van der Waals surface area contributed by atoms with Gasteiger partial charge in [0.15, 0.2) is 11.5 Å². The number of carbonyl (C=O) groups is 2. The highest BCUT2D eigenvalue weighted by Gasteiger charge is 2.31. The summed E-state index contributed by atoms with van der Waals surface area (Å²) in [6, 6.07) is 19.7. The Hall–Kier alpha value is -3.87. The minimum atomic E-state index is -0.847. The molecule has 0 unspecified atom stereocenters. The number of hydrogen-bond acceptors (Lipinski definition) is 4. The zero-order valence-electron chi connectivity index (χ0n) is 21.7. The van der Waals surface area contributed by atoms with Crippen LogP contribution in [0.4, 0.5) is 4.39 Å². The summed E-state index contributed by atoms with van der Waals surface area (Å²) >= 11 is 0. The van der Waals surface area contributed by atoms with Crippen LogP contribution in [0.1, 0.15) is 48.9 Å². The number of carbonyl (C=O) groups excluding carboxylic acids is 2. The quantitative estimate of drug-likeness (QED) is 0.313. The van der Waals surface area contributed by atoms with E-state index in [1.54, 1.807) is 49.5 Å². The molecular formula is C30H35FN2O4. The zero-order chi connectivity index (χ0) is 26.6. The van der Waals surface area contributed by atoms with E-state index in [0.29, 0.717) is 23.6 Å². The molecular weight excluding hydrogens is 471 g/mol. The second-order valence-electron chi connectivity index (χ2n) is 8.83. The SMILES string of the molecule is CCCCCNC(=O)[C@@H](c1ccccc1)N(Cc1ccc(F)cc1)C(=O)Cc1ccc(OC)c(OC)c1. The maximum absolute atomic E-state index is 13.8. The minimum Gasteiger partial charge on any atom is -0.493 e. The predicted molar refractivity (Wildman–Crippen MR) is 142 cm³/mol. The van der Waals surface area contributed by atoms with Gasteiger partial charge in [-0.2, -0.15) is 0 Å². The van der Waals surface area contributed by atoms with Crippen LogP contribution in [0.25, 0.3) is 0 Å². The van der Waals surface area contributed by atoms with Gasteiger partial charge in [0.05, 0.1) is 20.6 Å². The van der Waals surface area contributed by atoms with Crippen molar-refractivity contribution in [1.82, 2.24) is 10.2 Å². The molecule has 2 amide bonds. The molecule has 0 saturated carbocycles. The summed E-state index contributed by atoms with van der Waals surface area (Å²) < 4.78 is 24.3. The van der Waals surface area contributed by atoms with Crippen LogP contribution in [-0.4, -0.2) is 37.5 Å². The van der Waals surface area contributed by atoms with Crippen molar-refractivity contribution in [2.45, 2.75) is 45.2 Å². The third-order valence-corrected chi connectivity index (χ3v) is 6.14. The van der Waals surface area contributed by atoms with Crippen LogP contribution >= 0.6 is 0 Å². The van der Waals surface area contributed by atoms with E-state index >= 15 is 0 Å². The Bertz CT molecular complexity index is 1150. The van der Waals surface area contributed by atoms with E-state index in [2.05, 4.69) is 12.2 Å². The van der Waals surface area contributed by atoms with Crippen molar-refractivity contribution < 1.29 is 23.5 Å². The van der Waals surface area contributed by atoms with E-state index in [1.165, 1.54) is 12.1 Å². The van der Waals surface area contributed by atoms with Gasteiger partial charge in [0.2, 0.25) is 11.8 Å². The largest absolute Gasteiger partial charge is 0.493 e. The topological polar surface area (TPSA) is 67.9 Å². The molecule has 6 nitrogen and oxygen atoms in total. The van der Waals surface area contributed by atoms with Crippen LogP contribution in [0.5, 0.6) is 11.5 Å². The average Bonchev–Trinajstić information content (AvgIpc) is 2.92. The first kappa shape index (κ1) is 27.7. The number of unbranched alkanes of at least 4 members (excludes halogenated alkanes) is 2. The number of ether oxygens (including phenoxy) is 2. The molecule has 3 aromatic rings. The Balaban J connectivity index is 1.96. The summed E-state index contributed by atoms with van der Waals surface area (Å²) in [5, 5.41) is 3.01. The number of nitrogens with zero attached hydrogens (tertiary/aromatic N) is 1. The van der Waals surface area contributed by atoms with Gasteiger partial charge in [0.1, 0.15) is 11.9 Å². The highest BCUT2D eigenvalue weighted by atomic mass is 19.1. The lowest BCUT2D eigenvalue weighted by Crippen LogP contribution is -2.44. The molecule has 0 aliphatic heterocycles. The van der Waals surface area contributed by atoms with Crippen LogP contribution in [0.2, 0.25) is 0 Å². The highest BCUT2D eigenvalue weighted by Crippen LogP contribution is 2.29. The Morgan fingerprint density at radius 2 is 1.57 bits per heavy atom. The fourth-order valence-corrected chi connectivity index (χ4v) is 4.17. The monoisotopic (exact) mass is 506 g/mol. The molecule has 0 saturated heterocycles. The Kier molecular flexibility index (Phi) is 10.5. The first-order valence-electron chi connectivity index (χ1n) is 12.5. The summed E-state index contributed by atoms with van der Waals surface area (Å²) in [5.41, 5.74) is 2.15. The summed E-state index contributed by atoms with van der Waals surface area (Å²) in [4.78, 5) is 28.9. The Morgan fingerprint density at radius 1 is 0.892 bits per heavy atom. The molecule has 7 heteroatoms. The molecule has 1 N–H and O–H groups in total. The van der Waals surface area contributed by atoms with Crippen molar-refractivity contribution in [2.75, 3.05) is 20.8 Å². The predicted octanol–water partition coefficient (Wildman–Crippen LogP) is 5.46. The van der Waals surface area contributed by atoms with Crippen molar-refractivity contribution in [3.05, 3.63) is 95.3 Å². The van der Waals surface area contributed by atoms with Gasteiger partial charge in [-0.15, -0.1) is 0 Å². The molecule has 196 valence electrons. The maximum Gasteiger partial charge on any atom is 0.247 e. The molecule has 0 aromatic heterocycles. The molecule has 3 rings (SSSR count). The summed E-state index contributed by atoms with van der Waals surface area (Å²) in [6.45, 7) is 2.78. The smallest absolute Gasteiger partial charge is 0.247 e. The van der Waals surface area contributed by atoms with E-state index < -0.39 is 6.04 Å². The molecule has 0 fully saturated rings. The van der Waals surface area contributed by atoms with Crippen LogP contribution in [0.15, 0.2) is 72.8 Å². The number of halogens is 1. The van der Waals surface area contributed by atoms with Crippen LogP contribution < -0.4 is 14.8 Å². The molecule has 37 heavy (non-hydrogen) atoms. The molecule has 0 heterocycles. The van der Waals surface area contributed by atoms with Crippen LogP contribution in [0.3, 0.4) is 0 Å². The molecule has 0 aliphatic carbocycles. The fraction of sp³-hybridized carbons (Fsp3) is 0.333. The third-order valence-electron chi connectivity index (χ3n) is 6.14. The van der Waals surface area contributed by atoms with Gasteiger partial charge in [-0.25, -0.2) is 4.39 Å². The molecule has 0 spiro atoms. The van der Waals surface area contributed by atoms with Crippen LogP contribution in [0, 0.1) is 5.82 Å². The highest BCUT2D eigenvalue weighted by molar-refractivity contribution is 5.89. The van der Waals surface area contributed by atoms with Gasteiger partial charge in [0.25, 0.3) is 0 Å². The van der Waals surface area contributed by atoms with E-state index in [-0.39, 0.29) is 30.6 Å². The van der Waals surface area contributed by atoms with Gasteiger partial charge in [-0.05, 0) is 47.4 Å². The molecule has 0 aliphatic rings. The van der Waals surface area contributed by atoms with E-state index in [0.717, 1.165) is 30.4 Å². The lowest BCUT2D eigenvalue weighted by atomic mass is 10.0. The average molecular weight is 507 g/mol. The first-order chi connectivity index (χ1) is 18.0. The second-order valence-corrected chi connectivity index (χ2v) is 8.83. The van der Waals surface area contributed by atoms with Crippen molar-refractivity contribution in [2.24, 2.45) is 0 Å². The first-order valence-corrected chi connectivity index (χ1v) is 12.5. The third kappa shape index (κ3) is 7.81. The maximum atomic E-state index is 13.8. The van der Waals surface area contributed by atoms with Gasteiger partial charge >= 0.3 is 0 Å².